The average Bonchev–Trinajstić information content (AvgIpc) is 2.82. The van der Waals surface area contributed by atoms with Gasteiger partial charge in [-0.2, -0.15) is 0 Å². The number of carbonyl (C=O) groups excluding carboxylic acids is 3. The van der Waals surface area contributed by atoms with Gasteiger partial charge in [-0.25, -0.2) is 9.59 Å². The Bertz CT molecular complexity index is 977. The molecule has 0 radical (unpaired) electrons. The number of carboxylic acid groups (broad SMARTS) is 1. The summed E-state index contributed by atoms with van der Waals surface area (Å²) in [4.78, 5) is 48.3. The van der Waals surface area contributed by atoms with E-state index in [0.29, 0.717) is 11.1 Å². The van der Waals surface area contributed by atoms with Gasteiger partial charge in [0.1, 0.15) is 6.04 Å². The Balaban J connectivity index is 2.15. The molecule has 174 valence electrons. The highest BCUT2D eigenvalue weighted by Gasteiger charge is 2.31. The first-order valence-corrected chi connectivity index (χ1v) is 10.3. The molecular formula is C24H26N2O7. The zero-order valence-corrected chi connectivity index (χ0v) is 18.0. The minimum absolute atomic E-state index is 0.171. The van der Waals surface area contributed by atoms with E-state index in [4.69, 9.17) is 4.74 Å². The second-order valence-electron chi connectivity index (χ2n) is 6.96. The maximum atomic E-state index is 12.7. The van der Waals surface area contributed by atoms with Crippen LogP contribution >= 0.6 is 0 Å². The summed E-state index contributed by atoms with van der Waals surface area (Å²) in [5.41, 5.74) is 0.789. The van der Waals surface area contributed by atoms with Crippen LogP contribution in [0.4, 0.5) is 0 Å². The topological polar surface area (TPSA) is 142 Å². The van der Waals surface area contributed by atoms with Gasteiger partial charge in [-0.3, -0.25) is 9.59 Å². The van der Waals surface area contributed by atoms with Crippen molar-refractivity contribution in [3.05, 3.63) is 83.9 Å². The molecular weight excluding hydrogens is 428 g/mol. The Morgan fingerprint density at radius 3 is 2.15 bits per heavy atom. The van der Waals surface area contributed by atoms with Crippen LogP contribution in [0.3, 0.4) is 0 Å². The highest BCUT2D eigenvalue weighted by atomic mass is 16.5. The van der Waals surface area contributed by atoms with Crippen molar-refractivity contribution in [1.29, 1.82) is 0 Å². The molecule has 33 heavy (non-hydrogen) atoms. The third-order valence-electron chi connectivity index (χ3n) is 4.59. The van der Waals surface area contributed by atoms with Crippen molar-refractivity contribution in [2.24, 2.45) is 0 Å². The normalized spacial score (nSPS) is 13.5. The summed E-state index contributed by atoms with van der Waals surface area (Å²) >= 11 is 0. The van der Waals surface area contributed by atoms with Gasteiger partial charge in [0.05, 0.1) is 12.6 Å². The highest BCUT2D eigenvalue weighted by molar-refractivity contribution is 5.95. The van der Waals surface area contributed by atoms with Gasteiger partial charge < -0.3 is 25.6 Å². The van der Waals surface area contributed by atoms with Crippen LogP contribution in [-0.4, -0.2) is 52.7 Å². The quantitative estimate of drug-likeness (QED) is 0.298. The zero-order valence-electron chi connectivity index (χ0n) is 18.0. The molecule has 2 aromatic carbocycles. The number of nitrogens with one attached hydrogen (secondary N) is 2. The van der Waals surface area contributed by atoms with Gasteiger partial charge in [-0.05, 0) is 31.0 Å². The molecule has 0 aromatic heterocycles. The lowest BCUT2D eigenvalue weighted by molar-refractivity contribution is -0.143. The van der Waals surface area contributed by atoms with Gasteiger partial charge in [0.15, 0.2) is 6.10 Å². The number of aliphatic hydroxyl groups is 1. The van der Waals surface area contributed by atoms with E-state index in [-0.39, 0.29) is 13.0 Å². The summed E-state index contributed by atoms with van der Waals surface area (Å²) < 4.78 is 4.72. The number of amides is 2. The van der Waals surface area contributed by atoms with E-state index >= 15 is 0 Å². The van der Waals surface area contributed by atoms with E-state index in [9.17, 15) is 29.4 Å². The summed E-state index contributed by atoms with van der Waals surface area (Å²) in [6.45, 7) is 1.80. The smallest absolute Gasteiger partial charge is 0.330 e. The summed E-state index contributed by atoms with van der Waals surface area (Å²) in [5.74, 6) is -3.49. The Labute approximate surface area is 191 Å². The van der Waals surface area contributed by atoms with Crippen molar-refractivity contribution in [2.45, 2.75) is 31.5 Å². The number of esters is 1. The summed E-state index contributed by atoms with van der Waals surface area (Å²) in [6, 6.07) is 14.1. The molecule has 9 nitrogen and oxygen atoms in total. The highest BCUT2D eigenvalue weighted by Crippen LogP contribution is 2.18. The van der Waals surface area contributed by atoms with E-state index in [0.717, 1.165) is 6.08 Å². The molecule has 0 aliphatic carbocycles. The van der Waals surface area contributed by atoms with Gasteiger partial charge in [0.25, 0.3) is 11.8 Å². The molecule has 0 spiro atoms. The van der Waals surface area contributed by atoms with E-state index in [1.54, 1.807) is 67.6 Å². The molecule has 0 saturated carbocycles. The number of carboxylic acids is 1. The minimum atomic E-state index is -1.78. The SMILES string of the molecule is CCOC(=O)/C=C/C[C@@H](NC(=O)[C@H](O)[C@@H](NC(=O)c1ccccc1)c1ccccc1)C(=O)O. The maximum absolute atomic E-state index is 12.7. The number of ether oxygens (including phenoxy) is 1. The average molecular weight is 454 g/mol. The van der Waals surface area contributed by atoms with Crippen molar-refractivity contribution in [3.8, 4) is 0 Å². The van der Waals surface area contributed by atoms with Crippen LogP contribution < -0.4 is 10.6 Å². The van der Waals surface area contributed by atoms with Crippen LogP contribution in [0.2, 0.25) is 0 Å². The largest absolute Gasteiger partial charge is 0.480 e. The van der Waals surface area contributed by atoms with Crippen molar-refractivity contribution >= 4 is 23.8 Å². The molecule has 0 saturated heterocycles. The van der Waals surface area contributed by atoms with E-state index in [2.05, 4.69) is 10.6 Å². The lowest BCUT2D eigenvalue weighted by Gasteiger charge is -2.25. The molecule has 9 heteroatoms. The van der Waals surface area contributed by atoms with Crippen LogP contribution in [-0.2, 0) is 19.1 Å². The molecule has 0 heterocycles. The van der Waals surface area contributed by atoms with Crippen LogP contribution in [0, 0.1) is 0 Å². The van der Waals surface area contributed by atoms with Gasteiger partial charge in [-0.1, -0.05) is 54.6 Å². The molecule has 4 N–H and O–H groups in total. The third kappa shape index (κ3) is 7.89. The van der Waals surface area contributed by atoms with Crippen LogP contribution in [0.1, 0.15) is 35.3 Å². The Morgan fingerprint density at radius 2 is 1.58 bits per heavy atom. The van der Waals surface area contributed by atoms with Crippen molar-refractivity contribution in [2.75, 3.05) is 6.61 Å². The van der Waals surface area contributed by atoms with Crippen molar-refractivity contribution in [3.63, 3.8) is 0 Å². The van der Waals surface area contributed by atoms with Crippen LogP contribution in [0.25, 0.3) is 0 Å². The summed E-state index contributed by atoms with van der Waals surface area (Å²) in [5, 5.41) is 25.0. The number of benzene rings is 2. The number of carbonyl (C=O) groups is 4. The molecule has 0 aliphatic rings. The Kier molecular flexibility index (Phi) is 9.79. The minimum Gasteiger partial charge on any atom is -0.480 e. The number of hydrogen-bond acceptors (Lipinski definition) is 6. The van der Waals surface area contributed by atoms with Crippen LogP contribution in [0.5, 0.6) is 0 Å². The first kappa shape index (κ1) is 25.3. The van der Waals surface area contributed by atoms with Crippen molar-refractivity contribution < 1.29 is 34.1 Å². The Hall–Kier alpha value is -3.98. The fourth-order valence-electron chi connectivity index (χ4n) is 2.94. The predicted octanol–water partition coefficient (Wildman–Crippen LogP) is 1.60. The fraction of sp³-hybridized carbons (Fsp3) is 0.250. The molecule has 0 aliphatic heterocycles. The molecule has 2 amide bonds. The Morgan fingerprint density at radius 1 is 0.970 bits per heavy atom. The van der Waals surface area contributed by atoms with Crippen molar-refractivity contribution in [1.82, 2.24) is 10.6 Å². The number of aliphatic hydroxyl groups excluding tert-OH is 1. The maximum Gasteiger partial charge on any atom is 0.330 e. The summed E-state index contributed by atoms with van der Waals surface area (Å²) in [7, 11) is 0. The van der Waals surface area contributed by atoms with Gasteiger partial charge in [-0.15, -0.1) is 0 Å². The van der Waals surface area contributed by atoms with Gasteiger partial charge >= 0.3 is 11.9 Å². The first-order chi connectivity index (χ1) is 15.8. The number of hydrogen-bond donors (Lipinski definition) is 4. The fourth-order valence-corrected chi connectivity index (χ4v) is 2.94. The standard InChI is InChI=1S/C24H26N2O7/c1-2-33-19(27)15-9-14-18(24(31)32)25-23(30)21(28)20(16-10-5-3-6-11-16)26-22(29)17-12-7-4-8-13-17/h3-13,15,18,20-21,28H,2,14H2,1H3,(H,25,30)(H,26,29)(H,31,32)/b15-9+/t18-,20+,21-/m1/s1. The lowest BCUT2D eigenvalue weighted by atomic mass is 9.99. The predicted molar refractivity (Wildman–Crippen MR) is 119 cm³/mol. The molecule has 0 unspecified atom stereocenters. The van der Waals surface area contributed by atoms with E-state index < -0.39 is 41.9 Å². The molecule has 2 aromatic rings. The number of aliphatic carboxylic acids is 1. The molecule has 3 atom stereocenters. The summed E-state index contributed by atoms with van der Waals surface area (Å²) in [6.07, 6.45) is 0.333. The second-order valence-corrected chi connectivity index (χ2v) is 6.96. The van der Waals surface area contributed by atoms with Gasteiger partial charge in [0, 0.05) is 11.6 Å². The molecule has 0 fully saturated rings. The second kappa shape index (κ2) is 12.8. The van der Waals surface area contributed by atoms with E-state index in [1.807, 2.05) is 0 Å². The van der Waals surface area contributed by atoms with Crippen LogP contribution in [0.15, 0.2) is 72.8 Å². The van der Waals surface area contributed by atoms with E-state index in [1.165, 1.54) is 6.08 Å². The molecule has 0 bridgehead atoms. The lowest BCUT2D eigenvalue weighted by Crippen LogP contribution is -2.50. The third-order valence-corrected chi connectivity index (χ3v) is 4.59. The monoisotopic (exact) mass is 454 g/mol. The zero-order chi connectivity index (χ0) is 24.2. The first-order valence-electron chi connectivity index (χ1n) is 10.3. The number of rotatable bonds is 11. The molecule has 2 rings (SSSR count). The van der Waals surface area contributed by atoms with Gasteiger partial charge in [0.2, 0.25) is 0 Å².